The van der Waals surface area contributed by atoms with Crippen LogP contribution in [0, 0.1) is 11.6 Å². The van der Waals surface area contributed by atoms with E-state index in [0.29, 0.717) is 37.3 Å². The third-order valence-electron chi connectivity index (χ3n) is 5.17. The number of methoxy groups -OCH3 is 1. The zero-order valence-electron chi connectivity index (χ0n) is 16.1. The smallest absolute Gasteiger partial charge is 0.252 e. The molecule has 0 atom stereocenters. The Balaban J connectivity index is 2.03. The number of hydrogen-bond donors (Lipinski definition) is 2. The van der Waals surface area contributed by atoms with E-state index in [1.165, 1.54) is 37.6 Å². The second-order valence-electron chi connectivity index (χ2n) is 6.88. The first-order valence-electron chi connectivity index (χ1n) is 9.33. The standard InChI is InChI=1S/C21H19ClF2N4O2/c1-30-15-4-2-3-14(23)17(15)16-13(22)9-11-19(18(16)24)27-10-12(21(25)29)20(11)28-7-5-26-6-8-28/h2-4,9-10,26H,5-8H2,1H3,(H2,25,29). The van der Waals surface area contributed by atoms with Gasteiger partial charge in [0.05, 0.1) is 28.9 Å². The molecular weight excluding hydrogens is 414 g/mol. The Morgan fingerprint density at radius 3 is 2.67 bits per heavy atom. The van der Waals surface area contributed by atoms with E-state index < -0.39 is 17.5 Å². The SMILES string of the molecule is COc1cccc(F)c1-c1c(Cl)cc2c(N3CCNCC3)c(C(N)=O)cnc2c1F. The molecule has 0 radical (unpaired) electrons. The average molecular weight is 433 g/mol. The fourth-order valence-corrected chi connectivity index (χ4v) is 4.09. The predicted molar refractivity (Wildman–Crippen MR) is 112 cm³/mol. The highest BCUT2D eigenvalue weighted by Gasteiger charge is 2.26. The highest BCUT2D eigenvalue weighted by atomic mass is 35.5. The number of nitrogens with two attached hydrogens (primary N) is 1. The van der Waals surface area contributed by atoms with Crippen LogP contribution in [0.15, 0.2) is 30.5 Å². The number of pyridine rings is 1. The molecule has 156 valence electrons. The summed E-state index contributed by atoms with van der Waals surface area (Å²) in [6.07, 6.45) is 1.25. The van der Waals surface area contributed by atoms with Crippen molar-refractivity contribution < 1.29 is 18.3 Å². The summed E-state index contributed by atoms with van der Waals surface area (Å²) in [5.74, 6) is -2.00. The fourth-order valence-electron chi connectivity index (χ4n) is 3.81. The van der Waals surface area contributed by atoms with Crippen LogP contribution in [0.5, 0.6) is 5.75 Å². The minimum absolute atomic E-state index is 0.0248. The number of primary amides is 1. The summed E-state index contributed by atoms with van der Waals surface area (Å²) in [6, 6.07) is 5.68. The molecule has 3 N–H and O–H groups in total. The van der Waals surface area contributed by atoms with Gasteiger partial charge in [0.1, 0.15) is 17.1 Å². The Bertz CT molecular complexity index is 1150. The number of halogens is 3. The van der Waals surface area contributed by atoms with Gasteiger partial charge in [-0.15, -0.1) is 0 Å². The van der Waals surface area contributed by atoms with Crippen molar-refractivity contribution in [1.29, 1.82) is 0 Å². The van der Waals surface area contributed by atoms with Gasteiger partial charge in [-0.2, -0.15) is 0 Å². The van der Waals surface area contributed by atoms with E-state index in [-0.39, 0.29) is 33.0 Å². The molecule has 4 rings (SSSR count). The Kier molecular flexibility index (Phi) is 5.44. The molecule has 0 spiro atoms. The van der Waals surface area contributed by atoms with Crippen LogP contribution in [0.2, 0.25) is 5.02 Å². The van der Waals surface area contributed by atoms with Gasteiger partial charge >= 0.3 is 0 Å². The summed E-state index contributed by atoms with van der Waals surface area (Å²) in [7, 11) is 1.37. The number of carbonyl (C=O) groups excluding carboxylic acids is 1. The lowest BCUT2D eigenvalue weighted by molar-refractivity contribution is 0.100. The van der Waals surface area contributed by atoms with E-state index in [1.807, 2.05) is 4.90 Å². The number of rotatable bonds is 4. The van der Waals surface area contributed by atoms with Gasteiger partial charge in [-0.05, 0) is 18.2 Å². The summed E-state index contributed by atoms with van der Waals surface area (Å²) < 4.78 is 35.5. The second-order valence-corrected chi connectivity index (χ2v) is 7.29. The van der Waals surface area contributed by atoms with Gasteiger partial charge in [-0.25, -0.2) is 8.78 Å². The lowest BCUT2D eigenvalue weighted by Gasteiger charge is -2.31. The minimum Gasteiger partial charge on any atom is -0.496 e. The third-order valence-corrected chi connectivity index (χ3v) is 5.47. The van der Waals surface area contributed by atoms with Crippen molar-refractivity contribution in [1.82, 2.24) is 10.3 Å². The molecule has 1 amide bonds. The van der Waals surface area contributed by atoms with Crippen LogP contribution < -0.4 is 20.7 Å². The van der Waals surface area contributed by atoms with Crippen molar-refractivity contribution in [2.75, 3.05) is 38.2 Å². The van der Waals surface area contributed by atoms with Crippen LogP contribution in [0.4, 0.5) is 14.5 Å². The summed E-state index contributed by atoms with van der Waals surface area (Å²) in [4.78, 5) is 18.1. The largest absolute Gasteiger partial charge is 0.496 e. The predicted octanol–water partition coefficient (Wildman–Crippen LogP) is 3.35. The Labute approximate surface area is 176 Å². The molecule has 1 aromatic heterocycles. The summed E-state index contributed by atoms with van der Waals surface area (Å²) >= 11 is 6.45. The maximum absolute atomic E-state index is 15.7. The number of benzene rings is 2. The molecular formula is C21H19ClF2N4O2. The Hall–Kier alpha value is -2.97. The number of nitrogens with one attached hydrogen (secondary N) is 1. The second kappa shape index (κ2) is 8.04. The number of piperazine rings is 1. The Morgan fingerprint density at radius 2 is 2.00 bits per heavy atom. The molecule has 3 aromatic rings. The first kappa shape index (κ1) is 20.3. The number of nitrogens with zero attached hydrogens (tertiary/aromatic N) is 2. The number of fused-ring (bicyclic) bond motifs is 1. The molecule has 0 bridgehead atoms. The molecule has 1 aliphatic rings. The van der Waals surface area contributed by atoms with Crippen molar-refractivity contribution >= 4 is 34.1 Å². The molecule has 30 heavy (non-hydrogen) atoms. The molecule has 1 aliphatic heterocycles. The van der Waals surface area contributed by atoms with Gasteiger partial charge in [-0.3, -0.25) is 9.78 Å². The summed E-state index contributed by atoms with van der Waals surface area (Å²) in [5, 5.41) is 3.54. The average Bonchev–Trinajstić information content (AvgIpc) is 2.74. The van der Waals surface area contributed by atoms with Crippen LogP contribution in [0.3, 0.4) is 0 Å². The minimum atomic E-state index is -0.798. The molecule has 0 aliphatic carbocycles. The number of hydrogen-bond acceptors (Lipinski definition) is 5. The van der Waals surface area contributed by atoms with Crippen molar-refractivity contribution in [3.8, 4) is 16.9 Å². The maximum atomic E-state index is 15.7. The maximum Gasteiger partial charge on any atom is 0.252 e. The van der Waals surface area contributed by atoms with E-state index in [9.17, 15) is 9.18 Å². The summed E-state index contributed by atoms with van der Waals surface area (Å²) in [5.41, 5.74) is 5.94. The van der Waals surface area contributed by atoms with Gasteiger partial charge in [0.15, 0.2) is 5.82 Å². The quantitative estimate of drug-likeness (QED) is 0.661. The monoisotopic (exact) mass is 432 g/mol. The van der Waals surface area contributed by atoms with Crippen LogP contribution in [-0.2, 0) is 0 Å². The molecule has 2 aromatic carbocycles. The molecule has 1 fully saturated rings. The number of ether oxygens (including phenoxy) is 1. The molecule has 6 nitrogen and oxygen atoms in total. The molecule has 1 saturated heterocycles. The topological polar surface area (TPSA) is 80.5 Å². The van der Waals surface area contributed by atoms with Gasteiger partial charge < -0.3 is 20.7 Å². The van der Waals surface area contributed by atoms with Crippen molar-refractivity contribution in [3.63, 3.8) is 0 Å². The first-order chi connectivity index (χ1) is 14.4. The Morgan fingerprint density at radius 1 is 1.27 bits per heavy atom. The number of amides is 1. The van der Waals surface area contributed by atoms with Gasteiger partial charge in [0, 0.05) is 43.3 Å². The van der Waals surface area contributed by atoms with E-state index in [4.69, 9.17) is 22.1 Å². The zero-order chi connectivity index (χ0) is 21.4. The number of anilines is 1. The van der Waals surface area contributed by atoms with Crippen LogP contribution in [0.25, 0.3) is 22.0 Å². The third kappa shape index (κ3) is 3.32. The zero-order valence-corrected chi connectivity index (χ0v) is 16.9. The van der Waals surface area contributed by atoms with E-state index in [0.717, 1.165) is 0 Å². The number of carbonyl (C=O) groups is 1. The van der Waals surface area contributed by atoms with E-state index in [1.54, 1.807) is 0 Å². The van der Waals surface area contributed by atoms with E-state index in [2.05, 4.69) is 10.3 Å². The van der Waals surface area contributed by atoms with Crippen LogP contribution >= 0.6 is 11.6 Å². The highest BCUT2D eigenvalue weighted by Crippen LogP contribution is 2.43. The van der Waals surface area contributed by atoms with Crippen LogP contribution in [-0.4, -0.2) is 44.2 Å². The van der Waals surface area contributed by atoms with Crippen molar-refractivity contribution in [2.45, 2.75) is 0 Å². The van der Waals surface area contributed by atoms with Crippen molar-refractivity contribution in [3.05, 3.63) is 52.7 Å². The highest BCUT2D eigenvalue weighted by molar-refractivity contribution is 6.34. The lowest BCUT2D eigenvalue weighted by Crippen LogP contribution is -2.44. The number of aromatic nitrogens is 1. The molecule has 2 heterocycles. The van der Waals surface area contributed by atoms with Gasteiger partial charge in [-0.1, -0.05) is 17.7 Å². The first-order valence-corrected chi connectivity index (χ1v) is 9.71. The van der Waals surface area contributed by atoms with Crippen molar-refractivity contribution in [2.24, 2.45) is 5.73 Å². The molecule has 0 saturated carbocycles. The molecule has 9 heteroatoms. The normalized spacial score (nSPS) is 14.2. The lowest BCUT2D eigenvalue weighted by atomic mass is 9.98. The molecule has 0 unspecified atom stereocenters. The van der Waals surface area contributed by atoms with Gasteiger partial charge in [0.2, 0.25) is 0 Å². The van der Waals surface area contributed by atoms with Crippen LogP contribution in [0.1, 0.15) is 10.4 Å². The fraction of sp³-hybridized carbons (Fsp3) is 0.238. The summed E-state index contributed by atoms with van der Waals surface area (Å²) in [6.45, 7) is 2.59. The van der Waals surface area contributed by atoms with E-state index >= 15 is 4.39 Å². The van der Waals surface area contributed by atoms with Gasteiger partial charge in [0.25, 0.3) is 5.91 Å².